The zero-order valence-corrected chi connectivity index (χ0v) is 14.1. The van der Waals surface area contributed by atoms with E-state index in [4.69, 9.17) is 4.42 Å². The van der Waals surface area contributed by atoms with Gasteiger partial charge in [0.2, 0.25) is 5.91 Å². The SMILES string of the molecule is Cc1ccc(CNC(=O)CCc2ccc(-c3ccccc3)o2)cc1F. The fraction of sp³-hybridized carbons (Fsp3) is 0.190. The maximum atomic E-state index is 13.5. The molecule has 1 N–H and O–H groups in total. The van der Waals surface area contributed by atoms with Crippen LogP contribution < -0.4 is 5.32 Å². The Morgan fingerprint density at radius 2 is 1.88 bits per heavy atom. The first-order chi connectivity index (χ1) is 12.1. The quantitative estimate of drug-likeness (QED) is 0.712. The summed E-state index contributed by atoms with van der Waals surface area (Å²) in [5, 5.41) is 2.81. The summed E-state index contributed by atoms with van der Waals surface area (Å²) in [4.78, 5) is 12.0. The van der Waals surface area contributed by atoms with E-state index in [-0.39, 0.29) is 11.7 Å². The van der Waals surface area contributed by atoms with Gasteiger partial charge in [0.1, 0.15) is 17.3 Å². The van der Waals surface area contributed by atoms with Crippen molar-refractivity contribution in [2.75, 3.05) is 0 Å². The molecule has 1 aromatic heterocycles. The lowest BCUT2D eigenvalue weighted by molar-refractivity contribution is -0.121. The van der Waals surface area contributed by atoms with Gasteiger partial charge in [0.05, 0.1) is 0 Å². The molecule has 1 heterocycles. The molecule has 128 valence electrons. The molecule has 0 fully saturated rings. The van der Waals surface area contributed by atoms with Gasteiger partial charge in [-0.15, -0.1) is 0 Å². The van der Waals surface area contributed by atoms with Gasteiger partial charge in [-0.2, -0.15) is 0 Å². The molecule has 0 aliphatic heterocycles. The van der Waals surface area contributed by atoms with Gasteiger partial charge >= 0.3 is 0 Å². The zero-order valence-electron chi connectivity index (χ0n) is 14.1. The molecule has 0 atom stereocenters. The lowest BCUT2D eigenvalue weighted by Crippen LogP contribution is -2.23. The molecule has 0 aliphatic carbocycles. The van der Waals surface area contributed by atoms with E-state index in [1.165, 1.54) is 6.07 Å². The average molecular weight is 337 g/mol. The molecule has 25 heavy (non-hydrogen) atoms. The highest BCUT2D eigenvalue weighted by Crippen LogP contribution is 2.22. The van der Waals surface area contributed by atoms with E-state index in [2.05, 4.69) is 5.32 Å². The Morgan fingerprint density at radius 1 is 1.08 bits per heavy atom. The van der Waals surface area contributed by atoms with Crippen LogP contribution >= 0.6 is 0 Å². The lowest BCUT2D eigenvalue weighted by atomic mass is 10.1. The van der Waals surface area contributed by atoms with E-state index in [1.54, 1.807) is 13.0 Å². The number of amides is 1. The lowest BCUT2D eigenvalue weighted by Gasteiger charge is -2.06. The maximum Gasteiger partial charge on any atom is 0.220 e. The summed E-state index contributed by atoms with van der Waals surface area (Å²) in [6.07, 6.45) is 0.858. The van der Waals surface area contributed by atoms with Gasteiger partial charge in [0, 0.05) is 24.9 Å². The summed E-state index contributed by atoms with van der Waals surface area (Å²) < 4.78 is 19.3. The normalized spacial score (nSPS) is 10.6. The summed E-state index contributed by atoms with van der Waals surface area (Å²) in [6, 6.07) is 18.6. The first-order valence-corrected chi connectivity index (χ1v) is 8.27. The number of benzene rings is 2. The van der Waals surface area contributed by atoms with E-state index in [1.807, 2.05) is 48.5 Å². The number of aryl methyl sites for hydroxylation is 2. The molecule has 3 aromatic rings. The van der Waals surface area contributed by atoms with Crippen LogP contribution in [0.2, 0.25) is 0 Å². The van der Waals surface area contributed by atoms with Crippen LogP contribution in [0.15, 0.2) is 65.1 Å². The topological polar surface area (TPSA) is 42.2 Å². The van der Waals surface area contributed by atoms with Crippen LogP contribution in [0.4, 0.5) is 4.39 Å². The van der Waals surface area contributed by atoms with Crippen LogP contribution in [0.5, 0.6) is 0 Å². The van der Waals surface area contributed by atoms with Gasteiger partial charge in [-0.3, -0.25) is 4.79 Å². The summed E-state index contributed by atoms with van der Waals surface area (Å²) >= 11 is 0. The van der Waals surface area contributed by atoms with E-state index in [0.29, 0.717) is 24.9 Å². The van der Waals surface area contributed by atoms with Crippen molar-refractivity contribution >= 4 is 5.91 Å². The van der Waals surface area contributed by atoms with Gasteiger partial charge in [0.15, 0.2) is 0 Å². The summed E-state index contributed by atoms with van der Waals surface area (Å²) in [5.74, 6) is 1.23. The van der Waals surface area contributed by atoms with Crippen molar-refractivity contribution in [3.63, 3.8) is 0 Å². The highest BCUT2D eigenvalue weighted by Gasteiger charge is 2.08. The van der Waals surface area contributed by atoms with Crippen molar-refractivity contribution in [2.24, 2.45) is 0 Å². The van der Waals surface area contributed by atoms with Crippen molar-refractivity contribution in [2.45, 2.75) is 26.3 Å². The van der Waals surface area contributed by atoms with Gasteiger partial charge < -0.3 is 9.73 Å². The van der Waals surface area contributed by atoms with Crippen molar-refractivity contribution in [1.82, 2.24) is 5.32 Å². The van der Waals surface area contributed by atoms with Gasteiger partial charge in [-0.1, -0.05) is 42.5 Å². The Morgan fingerprint density at radius 3 is 2.64 bits per heavy atom. The Labute approximate surface area is 146 Å². The van der Waals surface area contributed by atoms with E-state index >= 15 is 0 Å². The molecular formula is C21H20FNO2. The third kappa shape index (κ3) is 4.57. The zero-order chi connectivity index (χ0) is 17.6. The highest BCUT2D eigenvalue weighted by atomic mass is 19.1. The number of furan rings is 1. The van der Waals surface area contributed by atoms with Gasteiger partial charge in [-0.25, -0.2) is 4.39 Å². The van der Waals surface area contributed by atoms with Crippen LogP contribution in [0.3, 0.4) is 0 Å². The molecule has 3 nitrogen and oxygen atoms in total. The second-order valence-corrected chi connectivity index (χ2v) is 5.99. The molecule has 0 spiro atoms. The second kappa shape index (κ2) is 7.79. The van der Waals surface area contributed by atoms with Crippen molar-refractivity contribution in [1.29, 1.82) is 0 Å². The molecular weight excluding hydrogens is 317 g/mol. The molecule has 2 aromatic carbocycles. The minimum absolute atomic E-state index is 0.0846. The average Bonchev–Trinajstić information content (AvgIpc) is 3.11. The minimum Gasteiger partial charge on any atom is -0.461 e. The smallest absolute Gasteiger partial charge is 0.220 e. The fourth-order valence-electron chi connectivity index (χ4n) is 2.54. The number of hydrogen-bond donors (Lipinski definition) is 1. The third-order valence-corrected chi connectivity index (χ3v) is 4.04. The van der Waals surface area contributed by atoms with Gasteiger partial charge in [-0.05, 0) is 36.2 Å². The fourth-order valence-corrected chi connectivity index (χ4v) is 2.54. The molecule has 0 unspecified atom stereocenters. The Hall–Kier alpha value is -2.88. The van der Waals surface area contributed by atoms with Crippen LogP contribution in [0, 0.1) is 12.7 Å². The van der Waals surface area contributed by atoms with E-state index < -0.39 is 0 Å². The molecule has 0 bridgehead atoms. The van der Waals surface area contributed by atoms with Crippen molar-refractivity contribution in [3.05, 3.63) is 83.4 Å². The Bertz CT molecular complexity index is 855. The molecule has 0 saturated carbocycles. The maximum absolute atomic E-state index is 13.5. The number of nitrogens with one attached hydrogen (secondary N) is 1. The largest absolute Gasteiger partial charge is 0.461 e. The Kier molecular flexibility index (Phi) is 5.29. The Balaban J connectivity index is 1.49. The van der Waals surface area contributed by atoms with Crippen LogP contribution in [0.1, 0.15) is 23.3 Å². The van der Waals surface area contributed by atoms with Crippen molar-refractivity contribution < 1.29 is 13.6 Å². The van der Waals surface area contributed by atoms with Crippen LogP contribution in [-0.2, 0) is 17.8 Å². The van der Waals surface area contributed by atoms with Crippen LogP contribution in [0.25, 0.3) is 11.3 Å². The number of carbonyl (C=O) groups excluding carboxylic acids is 1. The summed E-state index contributed by atoms with van der Waals surface area (Å²) in [6.45, 7) is 2.04. The highest BCUT2D eigenvalue weighted by molar-refractivity contribution is 5.76. The number of halogens is 1. The molecule has 3 rings (SSSR count). The molecule has 0 saturated heterocycles. The van der Waals surface area contributed by atoms with Crippen molar-refractivity contribution in [3.8, 4) is 11.3 Å². The number of carbonyl (C=O) groups is 1. The molecule has 1 amide bonds. The van der Waals surface area contributed by atoms with E-state index in [9.17, 15) is 9.18 Å². The first-order valence-electron chi connectivity index (χ1n) is 8.27. The third-order valence-electron chi connectivity index (χ3n) is 4.04. The molecule has 0 aliphatic rings. The monoisotopic (exact) mass is 337 g/mol. The predicted octanol–water partition coefficient (Wildman–Crippen LogP) is 4.64. The summed E-state index contributed by atoms with van der Waals surface area (Å²) in [5.41, 5.74) is 2.36. The first kappa shape index (κ1) is 17.0. The molecule has 0 radical (unpaired) electrons. The van der Waals surface area contributed by atoms with Gasteiger partial charge in [0.25, 0.3) is 0 Å². The molecule has 4 heteroatoms. The number of rotatable bonds is 6. The second-order valence-electron chi connectivity index (χ2n) is 5.99. The number of hydrogen-bond acceptors (Lipinski definition) is 2. The summed E-state index contributed by atoms with van der Waals surface area (Å²) in [7, 11) is 0. The standard InChI is InChI=1S/C21H20FNO2/c1-15-7-8-16(13-19(15)22)14-23-21(24)12-10-18-9-11-20(25-18)17-5-3-2-4-6-17/h2-9,11,13H,10,12,14H2,1H3,(H,23,24). The predicted molar refractivity (Wildman–Crippen MR) is 95.4 cm³/mol. The van der Waals surface area contributed by atoms with Crippen LogP contribution in [-0.4, -0.2) is 5.91 Å². The van der Waals surface area contributed by atoms with E-state index in [0.717, 1.165) is 22.6 Å². The minimum atomic E-state index is -0.254.